The van der Waals surface area contributed by atoms with E-state index in [0.717, 1.165) is 11.1 Å². The van der Waals surface area contributed by atoms with E-state index in [4.69, 9.17) is 15.0 Å². The molecule has 3 rings (SSSR count). The van der Waals surface area contributed by atoms with Crippen molar-refractivity contribution < 1.29 is 18.8 Å². The third kappa shape index (κ3) is 3.56. The Hall–Kier alpha value is -3.61. The van der Waals surface area contributed by atoms with Gasteiger partial charge in [-0.3, -0.25) is 9.59 Å². The molecule has 0 unspecified atom stereocenters. The number of hydrogen-bond acceptors (Lipinski definition) is 5. The molecular formula is C19H17N3O4. The van der Waals surface area contributed by atoms with Crippen LogP contribution in [0, 0.1) is 6.92 Å². The molecule has 1 aromatic heterocycles. The van der Waals surface area contributed by atoms with Crippen molar-refractivity contribution in [2.24, 2.45) is 5.73 Å². The van der Waals surface area contributed by atoms with Gasteiger partial charge >= 0.3 is 0 Å². The van der Waals surface area contributed by atoms with E-state index < -0.39 is 11.8 Å². The van der Waals surface area contributed by atoms with E-state index in [1.807, 2.05) is 31.2 Å². The van der Waals surface area contributed by atoms with Crippen molar-refractivity contribution in [2.45, 2.75) is 6.92 Å². The lowest BCUT2D eigenvalue weighted by Gasteiger charge is -2.10. The number of nitrogens with one attached hydrogen (secondary N) is 1. The number of benzene rings is 2. The monoisotopic (exact) mass is 351 g/mol. The number of carbonyl (C=O) groups excluding carboxylic acids is 2. The number of anilines is 1. The highest BCUT2D eigenvalue weighted by Gasteiger charge is 2.17. The minimum atomic E-state index is -0.607. The van der Waals surface area contributed by atoms with E-state index in [1.165, 1.54) is 19.2 Å². The van der Waals surface area contributed by atoms with E-state index in [-0.39, 0.29) is 11.3 Å². The molecule has 0 radical (unpaired) electrons. The smallest absolute Gasteiger partial charge is 0.294 e. The van der Waals surface area contributed by atoms with Crippen molar-refractivity contribution >= 4 is 17.5 Å². The van der Waals surface area contributed by atoms with Gasteiger partial charge in [-0.2, -0.15) is 0 Å². The van der Waals surface area contributed by atoms with Gasteiger partial charge in [0.2, 0.25) is 11.7 Å². The third-order valence-corrected chi connectivity index (χ3v) is 3.81. The van der Waals surface area contributed by atoms with Crippen molar-refractivity contribution in [3.05, 3.63) is 65.4 Å². The molecule has 0 bridgehead atoms. The zero-order valence-corrected chi connectivity index (χ0v) is 14.3. The van der Waals surface area contributed by atoms with Crippen LogP contribution in [-0.2, 0) is 0 Å². The molecule has 3 N–H and O–H groups in total. The molecule has 3 aromatic rings. The number of hydrogen-bond donors (Lipinski definition) is 2. The van der Waals surface area contributed by atoms with Gasteiger partial charge in [-0.05, 0) is 25.1 Å². The predicted molar refractivity (Wildman–Crippen MR) is 96.1 cm³/mol. The summed E-state index contributed by atoms with van der Waals surface area (Å²) in [6.07, 6.45) is 0. The number of nitrogens with two attached hydrogens (primary N) is 1. The first-order valence-electron chi connectivity index (χ1n) is 7.81. The van der Waals surface area contributed by atoms with E-state index in [0.29, 0.717) is 17.1 Å². The van der Waals surface area contributed by atoms with Gasteiger partial charge in [0.1, 0.15) is 11.4 Å². The van der Waals surface area contributed by atoms with Gasteiger partial charge < -0.3 is 20.3 Å². The Labute approximate surface area is 149 Å². The maximum Gasteiger partial charge on any atom is 0.294 e. The number of ether oxygens (including phenoxy) is 1. The Balaban J connectivity index is 1.84. The lowest BCUT2D eigenvalue weighted by molar-refractivity contribution is 0.0982. The summed E-state index contributed by atoms with van der Waals surface area (Å²) >= 11 is 0. The molecule has 0 aliphatic rings. The lowest BCUT2D eigenvalue weighted by Crippen LogP contribution is -2.14. The molecule has 0 saturated heterocycles. The molecule has 0 atom stereocenters. The molecule has 2 amide bonds. The summed E-state index contributed by atoms with van der Waals surface area (Å²) in [4.78, 5) is 23.8. The van der Waals surface area contributed by atoms with Crippen LogP contribution in [0.25, 0.3) is 11.3 Å². The molecule has 1 heterocycles. The fraction of sp³-hybridized carbons (Fsp3) is 0.105. The number of nitrogens with zero attached hydrogens (tertiary/aromatic N) is 1. The summed E-state index contributed by atoms with van der Waals surface area (Å²) in [7, 11) is 1.46. The van der Waals surface area contributed by atoms with Gasteiger partial charge in [0.25, 0.3) is 5.91 Å². The van der Waals surface area contributed by atoms with E-state index in [9.17, 15) is 9.59 Å². The summed E-state index contributed by atoms with van der Waals surface area (Å²) in [6.45, 7) is 1.99. The van der Waals surface area contributed by atoms with Crippen LogP contribution < -0.4 is 15.8 Å². The second-order valence-electron chi connectivity index (χ2n) is 5.68. The topological polar surface area (TPSA) is 107 Å². The normalized spacial score (nSPS) is 10.4. The summed E-state index contributed by atoms with van der Waals surface area (Å²) in [5.74, 6) is -0.700. The van der Waals surface area contributed by atoms with Gasteiger partial charge in [0.05, 0.1) is 12.8 Å². The Kier molecular flexibility index (Phi) is 4.70. The molecule has 7 heteroatoms. The summed E-state index contributed by atoms with van der Waals surface area (Å²) in [5, 5.41) is 6.57. The van der Waals surface area contributed by atoms with Gasteiger partial charge in [-0.1, -0.05) is 35.0 Å². The molecule has 2 aromatic carbocycles. The van der Waals surface area contributed by atoms with Crippen molar-refractivity contribution in [1.82, 2.24) is 5.16 Å². The summed E-state index contributed by atoms with van der Waals surface area (Å²) < 4.78 is 10.3. The highest BCUT2D eigenvalue weighted by atomic mass is 16.5. The van der Waals surface area contributed by atoms with Gasteiger partial charge in [0.15, 0.2) is 0 Å². The van der Waals surface area contributed by atoms with Crippen LogP contribution in [0.1, 0.15) is 26.5 Å². The molecule has 132 valence electrons. The second-order valence-corrected chi connectivity index (χ2v) is 5.68. The molecular weight excluding hydrogens is 334 g/mol. The van der Waals surface area contributed by atoms with Crippen LogP contribution in [0.2, 0.25) is 0 Å². The average Bonchev–Trinajstić information content (AvgIpc) is 3.12. The molecule has 7 nitrogen and oxygen atoms in total. The Morgan fingerprint density at radius 2 is 1.85 bits per heavy atom. The largest absolute Gasteiger partial charge is 0.495 e. The minimum Gasteiger partial charge on any atom is -0.495 e. The van der Waals surface area contributed by atoms with Crippen molar-refractivity contribution in [2.75, 3.05) is 12.4 Å². The Morgan fingerprint density at radius 1 is 1.12 bits per heavy atom. The second kappa shape index (κ2) is 7.10. The third-order valence-electron chi connectivity index (χ3n) is 3.81. The lowest BCUT2D eigenvalue weighted by atomic mass is 10.1. The van der Waals surface area contributed by atoms with E-state index in [2.05, 4.69) is 10.5 Å². The van der Waals surface area contributed by atoms with Crippen LogP contribution in [0.4, 0.5) is 5.69 Å². The van der Waals surface area contributed by atoms with E-state index in [1.54, 1.807) is 12.1 Å². The first-order valence-corrected chi connectivity index (χ1v) is 7.81. The predicted octanol–water partition coefficient (Wildman–Crippen LogP) is 3.01. The van der Waals surface area contributed by atoms with Crippen LogP contribution in [0.15, 0.2) is 53.1 Å². The quantitative estimate of drug-likeness (QED) is 0.735. The molecule has 0 fully saturated rings. The first-order chi connectivity index (χ1) is 12.5. The van der Waals surface area contributed by atoms with E-state index >= 15 is 0 Å². The average molecular weight is 351 g/mol. The fourth-order valence-corrected chi connectivity index (χ4v) is 2.39. The number of methoxy groups -OCH3 is 1. The van der Waals surface area contributed by atoms with Crippen LogP contribution in [-0.4, -0.2) is 24.1 Å². The molecule has 0 aliphatic heterocycles. The number of aromatic nitrogens is 1. The van der Waals surface area contributed by atoms with Crippen LogP contribution in [0.5, 0.6) is 5.75 Å². The van der Waals surface area contributed by atoms with Gasteiger partial charge in [0, 0.05) is 17.2 Å². The van der Waals surface area contributed by atoms with Crippen molar-refractivity contribution in [3.8, 4) is 17.0 Å². The number of carbonyl (C=O) groups is 2. The van der Waals surface area contributed by atoms with Crippen LogP contribution >= 0.6 is 0 Å². The van der Waals surface area contributed by atoms with Crippen molar-refractivity contribution in [3.63, 3.8) is 0 Å². The Morgan fingerprint density at radius 3 is 2.50 bits per heavy atom. The molecule has 26 heavy (non-hydrogen) atoms. The van der Waals surface area contributed by atoms with Gasteiger partial charge in [-0.15, -0.1) is 0 Å². The fourth-order valence-electron chi connectivity index (χ4n) is 2.39. The Bertz CT molecular complexity index is 961. The number of amides is 2. The molecule has 0 aliphatic carbocycles. The standard InChI is InChI=1S/C19H17N3O4/c1-11-3-5-12(6-4-11)14-10-17(26-22-14)19(24)21-15-9-13(18(20)23)7-8-16(15)25-2/h3-10H,1-2H3,(H2,20,23)(H,21,24). The summed E-state index contributed by atoms with van der Waals surface area (Å²) in [6, 6.07) is 13.7. The first kappa shape index (κ1) is 17.2. The summed E-state index contributed by atoms with van der Waals surface area (Å²) in [5.41, 5.74) is 8.34. The molecule has 0 saturated carbocycles. The van der Waals surface area contributed by atoms with Crippen LogP contribution in [0.3, 0.4) is 0 Å². The zero-order valence-electron chi connectivity index (χ0n) is 14.3. The highest BCUT2D eigenvalue weighted by molar-refractivity contribution is 6.04. The number of primary amides is 1. The maximum atomic E-state index is 12.4. The minimum absolute atomic E-state index is 0.0344. The number of rotatable bonds is 5. The zero-order chi connectivity index (χ0) is 18.7. The maximum absolute atomic E-state index is 12.4. The van der Waals surface area contributed by atoms with Crippen molar-refractivity contribution in [1.29, 1.82) is 0 Å². The SMILES string of the molecule is COc1ccc(C(N)=O)cc1NC(=O)c1cc(-c2ccc(C)cc2)no1. The van der Waals surface area contributed by atoms with Gasteiger partial charge in [-0.25, -0.2) is 0 Å². The highest BCUT2D eigenvalue weighted by Crippen LogP contribution is 2.27. The number of aryl methyl sites for hydroxylation is 1. The molecule has 0 spiro atoms.